The fourth-order valence-electron chi connectivity index (χ4n) is 1.15. The molecule has 0 saturated heterocycles. The van der Waals surface area contributed by atoms with Gasteiger partial charge in [-0.15, -0.1) is 0 Å². The summed E-state index contributed by atoms with van der Waals surface area (Å²) in [6.45, 7) is 4.54. The lowest BCUT2D eigenvalue weighted by Crippen LogP contribution is -2.40. The molecule has 3 N–H and O–H groups in total. The van der Waals surface area contributed by atoms with E-state index in [4.69, 9.17) is 17.3 Å². The molecule has 0 saturated carbocycles. The Morgan fingerprint density at radius 2 is 1.94 bits per heavy atom. The van der Waals surface area contributed by atoms with Gasteiger partial charge in [-0.25, -0.2) is 0 Å². The molecule has 1 atom stereocenters. The highest BCUT2D eigenvalue weighted by atomic mass is 35.5. The minimum Gasteiger partial charge on any atom is -0.350 e. The van der Waals surface area contributed by atoms with Crippen LogP contribution in [0, 0.1) is 5.92 Å². The Labute approximate surface area is 101 Å². The maximum atomic E-state index is 11.7. The van der Waals surface area contributed by atoms with Crippen molar-refractivity contribution >= 4 is 17.5 Å². The van der Waals surface area contributed by atoms with E-state index in [0.29, 0.717) is 23.0 Å². The molecular weight excluding hydrogens is 224 g/mol. The summed E-state index contributed by atoms with van der Waals surface area (Å²) in [6, 6.07) is 6.76. The van der Waals surface area contributed by atoms with E-state index in [-0.39, 0.29) is 11.9 Å². The average molecular weight is 241 g/mol. The Morgan fingerprint density at radius 1 is 1.38 bits per heavy atom. The highest BCUT2D eigenvalue weighted by Gasteiger charge is 2.10. The zero-order valence-electron chi connectivity index (χ0n) is 9.53. The predicted octanol–water partition coefficient (Wildman–Crippen LogP) is 2.05. The van der Waals surface area contributed by atoms with Crippen molar-refractivity contribution in [3.63, 3.8) is 0 Å². The average Bonchev–Trinajstić information content (AvgIpc) is 2.26. The molecule has 0 fully saturated rings. The van der Waals surface area contributed by atoms with E-state index in [0.717, 1.165) is 0 Å². The van der Waals surface area contributed by atoms with Crippen LogP contribution in [0.25, 0.3) is 0 Å². The van der Waals surface area contributed by atoms with Gasteiger partial charge in [0.05, 0.1) is 0 Å². The van der Waals surface area contributed by atoms with Crippen molar-refractivity contribution in [2.75, 3.05) is 6.54 Å². The van der Waals surface area contributed by atoms with Gasteiger partial charge in [0.1, 0.15) is 0 Å². The zero-order chi connectivity index (χ0) is 12.1. The molecule has 0 aliphatic heterocycles. The van der Waals surface area contributed by atoms with Crippen molar-refractivity contribution in [1.29, 1.82) is 0 Å². The van der Waals surface area contributed by atoms with E-state index < -0.39 is 0 Å². The SMILES string of the molecule is CC(C)[C@@H](N)CNC(=O)c1ccc(Cl)cc1. The number of nitrogens with two attached hydrogens (primary N) is 1. The molecule has 4 heteroatoms. The molecule has 0 bridgehead atoms. The Kier molecular flexibility index (Phi) is 4.77. The molecule has 1 aromatic carbocycles. The van der Waals surface area contributed by atoms with Gasteiger partial charge in [-0.3, -0.25) is 4.79 Å². The highest BCUT2D eigenvalue weighted by Crippen LogP contribution is 2.09. The van der Waals surface area contributed by atoms with Crippen LogP contribution in [0.1, 0.15) is 24.2 Å². The molecule has 1 aromatic rings. The first-order valence-electron chi connectivity index (χ1n) is 5.30. The van der Waals surface area contributed by atoms with Gasteiger partial charge in [-0.2, -0.15) is 0 Å². The first-order valence-corrected chi connectivity index (χ1v) is 5.68. The van der Waals surface area contributed by atoms with E-state index in [1.807, 2.05) is 13.8 Å². The van der Waals surface area contributed by atoms with Crippen LogP contribution in [0.3, 0.4) is 0 Å². The molecular formula is C12H17ClN2O. The molecule has 1 amide bonds. The number of carbonyl (C=O) groups excluding carboxylic acids is 1. The molecule has 0 unspecified atom stereocenters. The summed E-state index contributed by atoms with van der Waals surface area (Å²) in [4.78, 5) is 11.7. The van der Waals surface area contributed by atoms with Gasteiger partial charge in [0.15, 0.2) is 0 Å². The molecule has 1 rings (SSSR count). The third-order valence-electron chi connectivity index (χ3n) is 2.46. The molecule has 0 aliphatic carbocycles. The summed E-state index contributed by atoms with van der Waals surface area (Å²) >= 11 is 5.73. The number of carbonyl (C=O) groups is 1. The van der Waals surface area contributed by atoms with Crippen molar-refractivity contribution < 1.29 is 4.79 Å². The number of amides is 1. The largest absolute Gasteiger partial charge is 0.350 e. The van der Waals surface area contributed by atoms with Crippen LogP contribution >= 0.6 is 11.6 Å². The van der Waals surface area contributed by atoms with Gasteiger partial charge in [0.2, 0.25) is 0 Å². The van der Waals surface area contributed by atoms with Gasteiger partial charge >= 0.3 is 0 Å². The van der Waals surface area contributed by atoms with Gasteiger partial charge in [-0.05, 0) is 30.2 Å². The van der Waals surface area contributed by atoms with Crippen LogP contribution in [0.5, 0.6) is 0 Å². The summed E-state index contributed by atoms with van der Waals surface area (Å²) in [5, 5.41) is 3.41. The summed E-state index contributed by atoms with van der Waals surface area (Å²) < 4.78 is 0. The van der Waals surface area contributed by atoms with E-state index in [1.54, 1.807) is 24.3 Å². The number of halogens is 1. The van der Waals surface area contributed by atoms with Crippen molar-refractivity contribution in [3.05, 3.63) is 34.9 Å². The molecule has 0 spiro atoms. The van der Waals surface area contributed by atoms with Crippen LogP contribution in [-0.4, -0.2) is 18.5 Å². The van der Waals surface area contributed by atoms with E-state index in [9.17, 15) is 4.79 Å². The zero-order valence-corrected chi connectivity index (χ0v) is 10.3. The lowest BCUT2D eigenvalue weighted by Gasteiger charge is -2.16. The Bertz CT molecular complexity index is 349. The minimum atomic E-state index is -0.118. The molecule has 0 heterocycles. The van der Waals surface area contributed by atoms with Crippen LogP contribution in [0.2, 0.25) is 5.02 Å². The van der Waals surface area contributed by atoms with Crippen LogP contribution < -0.4 is 11.1 Å². The van der Waals surface area contributed by atoms with Gasteiger partial charge in [0.25, 0.3) is 5.91 Å². The molecule has 88 valence electrons. The van der Waals surface area contributed by atoms with Gasteiger partial charge in [-0.1, -0.05) is 25.4 Å². The van der Waals surface area contributed by atoms with E-state index >= 15 is 0 Å². The Morgan fingerprint density at radius 3 is 2.44 bits per heavy atom. The van der Waals surface area contributed by atoms with Crippen LogP contribution in [0.15, 0.2) is 24.3 Å². The molecule has 3 nitrogen and oxygen atoms in total. The molecule has 0 aromatic heterocycles. The molecule has 0 aliphatic rings. The standard InChI is InChI=1S/C12H17ClN2O/c1-8(2)11(14)7-15-12(16)9-3-5-10(13)6-4-9/h3-6,8,11H,7,14H2,1-2H3,(H,15,16)/t11-/m0/s1. The van der Waals surface area contributed by atoms with Crippen LogP contribution in [0.4, 0.5) is 0 Å². The fraction of sp³-hybridized carbons (Fsp3) is 0.417. The summed E-state index contributed by atoms with van der Waals surface area (Å²) in [7, 11) is 0. The number of hydrogen-bond acceptors (Lipinski definition) is 2. The van der Waals surface area contributed by atoms with Gasteiger partial charge < -0.3 is 11.1 Å². The van der Waals surface area contributed by atoms with Crippen molar-refractivity contribution in [2.45, 2.75) is 19.9 Å². The lowest BCUT2D eigenvalue weighted by atomic mass is 10.1. The topological polar surface area (TPSA) is 55.1 Å². The van der Waals surface area contributed by atoms with E-state index in [2.05, 4.69) is 5.32 Å². The van der Waals surface area contributed by atoms with Crippen molar-refractivity contribution in [1.82, 2.24) is 5.32 Å². The lowest BCUT2D eigenvalue weighted by molar-refractivity contribution is 0.0949. The van der Waals surface area contributed by atoms with Crippen molar-refractivity contribution in [2.24, 2.45) is 11.7 Å². The third kappa shape index (κ3) is 3.83. The number of nitrogens with one attached hydrogen (secondary N) is 1. The molecule has 0 radical (unpaired) electrons. The molecule has 16 heavy (non-hydrogen) atoms. The van der Waals surface area contributed by atoms with Gasteiger partial charge in [0, 0.05) is 23.2 Å². The van der Waals surface area contributed by atoms with Crippen LogP contribution in [-0.2, 0) is 0 Å². The maximum Gasteiger partial charge on any atom is 0.251 e. The second-order valence-electron chi connectivity index (χ2n) is 4.12. The smallest absolute Gasteiger partial charge is 0.251 e. The Hall–Kier alpha value is -1.06. The summed E-state index contributed by atoms with van der Waals surface area (Å²) in [5.41, 5.74) is 6.43. The quantitative estimate of drug-likeness (QED) is 0.847. The summed E-state index contributed by atoms with van der Waals surface area (Å²) in [6.07, 6.45) is 0. The minimum absolute atomic E-state index is 0.0174. The number of hydrogen-bond donors (Lipinski definition) is 2. The first-order chi connectivity index (χ1) is 7.50. The van der Waals surface area contributed by atoms with Crippen molar-refractivity contribution in [3.8, 4) is 0 Å². The fourth-order valence-corrected chi connectivity index (χ4v) is 1.28. The second kappa shape index (κ2) is 5.87. The first kappa shape index (κ1) is 13.0. The number of benzene rings is 1. The highest BCUT2D eigenvalue weighted by molar-refractivity contribution is 6.30. The summed E-state index contributed by atoms with van der Waals surface area (Å²) in [5.74, 6) is 0.235. The number of rotatable bonds is 4. The maximum absolute atomic E-state index is 11.7. The predicted molar refractivity (Wildman–Crippen MR) is 66.6 cm³/mol. The Balaban J connectivity index is 2.50. The normalized spacial score (nSPS) is 12.6. The second-order valence-corrected chi connectivity index (χ2v) is 4.56. The monoisotopic (exact) mass is 240 g/mol. The van der Waals surface area contributed by atoms with E-state index in [1.165, 1.54) is 0 Å². The third-order valence-corrected chi connectivity index (χ3v) is 2.71.